The second-order valence-electron chi connectivity index (χ2n) is 2.43. The van der Waals surface area contributed by atoms with Crippen LogP contribution in [0.3, 0.4) is 0 Å². The molecular weight excluding hydrogens is 158 g/mol. The number of benzene rings is 1. The zero-order valence-corrected chi connectivity index (χ0v) is 7.09. The number of halogens is 1. The molecular formula is C9H11ClN+. The summed E-state index contributed by atoms with van der Waals surface area (Å²) in [5.74, 6) is 0. The van der Waals surface area contributed by atoms with Crippen LogP contribution in [0.1, 0.15) is 5.56 Å². The average Bonchev–Trinajstić information content (AvgIpc) is 2.06. The fourth-order valence-electron chi connectivity index (χ4n) is 0.884. The quantitative estimate of drug-likeness (QED) is 0.282. The van der Waals surface area contributed by atoms with Crippen LogP contribution < -0.4 is 0 Å². The van der Waals surface area contributed by atoms with Crippen LogP contribution in [0.15, 0.2) is 30.3 Å². The molecule has 0 saturated heterocycles. The monoisotopic (exact) mass is 168 g/mol. The summed E-state index contributed by atoms with van der Waals surface area (Å²) in [7, 11) is 0. The van der Waals surface area contributed by atoms with Gasteiger partial charge in [-0.05, 0) is 0 Å². The summed E-state index contributed by atoms with van der Waals surface area (Å²) in [6, 6.07) is 10.6. The van der Waals surface area contributed by atoms with Gasteiger partial charge in [0.25, 0.3) is 0 Å². The van der Waals surface area contributed by atoms with Gasteiger partial charge in [0.2, 0.25) is 6.00 Å². The van der Waals surface area contributed by atoms with Crippen molar-refractivity contribution in [3.8, 4) is 0 Å². The normalized spacial score (nSPS) is 9.55. The van der Waals surface area contributed by atoms with E-state index in [0.717, 1.165) is 6.54 Å². The van der Waals surface area contributed by atoms with Crippen LogP contribution in [-0.2, 0) is 6.54 Å². The van der Waals surface area contributed by atoms with Gasteiger partial charge in [-0.2, -0.15) is 0 Å². The molecule has 0 aliphatic carbocycles. The van der Waals surface area contributed by atoms with Crippen molar-refractivity contribution in [2.24, 2.45) is 0 Å². The molecule has 1 rings (SSSR count). The van der Waals surface area contributed by atoms with E-state index in [1.807, 2.05) is 18.2 Å². The van der Waals surface area contributed by atoms with E-state index in [2.05, 4.69) is 18.9 Å². The maximum Gasteiger partial charge on any atom is 0.217 e. The third-order valence-corrected chi connectivity index (χ3v) is 1.76. The Hall–Kier alpha value is -0.820. The van der Waals surface area contributed by atoms with E-state index in [1.165, 1.54) is 5.56 Å². The third-order valence-electron chi connectivity index (χ3n) is 1.42. The molecule has 0 radical (unpaired) electrons. The lowest BCUT2D eigenvalue weighted by atomic mass is 10.2. The minimum absolute atomic E-state index is 0.467. The summed E-state index contributed by atoms with van der Waals surface area (Å²) in [4.78, 5) is 0. The van der Waals surface area contributed by atoms with Crippen molar-refractivity contribution in [3.63, 3.8) is 0 Å². The van der Waals surface area contributed by atoms with Crippen LogP contribution in [0.25, 0.3) is 0 Å². The Morgan fingerprint density at radius 3 is 2.45 bits per heavy atom. The molecule has 0 saturated carbocycles. The van der Waals surface area contributed by atoms with E-state index in [4.69, 9.17) is 11.6 Å². The highest BCUT2D eigenvalue weighted by molar-refractivity contribution is 6.16. The van der Waals surface area contributed by atoms with Gasteiger partial charge < -0.3 is 0 Å². The van der Waals surface area contributed by atoms with Gasteiger partial charge >= 0.3 is 0 Å². The predicted octanol–water partition coefficient (Wildman–Crippen LogP) is 2.10. The Morgan fingerprint density at radius 1 is 1.27 bits per heavy atom. The van der Waals surface area contributed by atoms with Gasteiger partial charge in [0.05, 0.1) is 0 Å². The molecule has 0 amide bonds. The van der Waals surface area contributed by atoms with Crippen molar-refractivity contribution in [2.75, 3.05) is 6.00 Å². The zero-order chi connectivity index (χ0) is 8.10. The van der Waals surface area contributed by atoms with Crippen molar-refractivity contribution in [3.05, 3.63) is 35.9 Å². The van der Waals surface area contributed by atoms with E-state index in [1.54, 1.807) is 4.58 Å². The van der Waals surface area contributed by atoms with E-state index in [9.17, 15) is 0 Å². The molecule has 0 aliphatic rings. The van der Waals surface area contributed by atoms with Gasteiger partial charge in [0.15, 0.2) is 6.54 Å². The second-order valence-corrected chi connectivity index (χ2v) is 2.67. The number of alkyl halides is 1. The molecule has 1 aromatic carbocycles. The van der Waals surface area contributed by atoms with Crippen molar-refractivity contribution in [1.82, 2.24) is 0 Å². The standard InChI is InChI=1S/C9H11ClN/c1-11(8-10)7-9-5-3-2-4-6-9/h2-6H,1,7-8H2/q+1. The molecule has 0 spiro atoms. The minimum Gasteiger partial charge on any atom is -0.224 e. The molecule has 0 atom stereocenters. The van der Waals surface area contributed by atoms with Crippen molar-refractivity contribution < 1.29 is 4.58 Å². The zero-order valence-electron chi connectivity index (χ0n) is 6.33. The SMILES string of the molecule is C=[N+](CCl)Cc1ccccc1. The molecule has 1 aromatic rings. The second kappa shape index (κ2) is 4.14. The average molecular weight is 169 g/mol. The first kappa shape index (κ1) is 8.28. The molecule has 0 aliphatic heterocycles. The lowest BCUT2D eigenvalue weighted by Crippen LogP contribution is -2.05. The Labute approximate surface area is 71.9 Å². The van der Waals surface area contributed by atoms with Gasteiger partial charge in [0.1, 0.15) is 6.72 Å². The van der Waals surface area contributed by atoms with Crippen molar-refractivity contribution >= 4 is 18.3 Å². The van der Waals surface area contributed by atoms with Crippen molar-refractivity contribution in [2.45, 2.75) is 6.54 Å². The number of hydrogen-bond donors (Lipinski definition) is 0. The molecule has 0 unspecified atom stereocenters. The summed E-state index contributed by atoms with van der Waals surface area (Å²) in [6.45, 7) is 4.56. The van der Waals surface area contributed by atoms with E-state index < -0.39 is 0 Å². The lowest BCUT2D eigenvalue weighted by Gasteiger charge is -1.96. The van der Waals surface area contributed by atoms with Crippen LogP contribution in [0.2, 0.25) is 0 Å². The predicted molar refractivity (Wildman–Crippen MR) is 48.2 cm³/mol. The third kappa shape index (κ3) is 2.72. The molecule has 2 heteroatoms. The Bertz CT molecular complexity index is 231. The van der Waals surface area contributed by atoms with Gasteiger partial charge in [-0.1, -0.05) is 41.9 Å². The molecule has 1 nitrogen and oxygen atoms in total. The van der Waals surface area contributed by atoms with Crippen LogP contribution in [-0.4, -0.2) is 17.3 Å². The number of rotatable bonds is 3. The summed E-state index contributed by atoms with van der Waals surface area (Å²) in [5.41, 5.74) is 1.24. The summed E-state index contributed by atoms with van der Waals surface area (Å²) in [6.07, 6.45) is 0. The topological polar surface area (TPSA) is 3.01 Å². The molecule has 0 N–H and O–H groups in total. The first-order valence-corrected chi connectivity index (χ1v) is 4.01. The molecule has 0 fully saturated rings. The van der Waals surface area contributed by atoms with Gasteiger partial charge in [0, 0.05) is 5.56 Å². The number of hydrogen-bond acceptors (Lipinski definition) is 0. The van der Waals surface area contributed by atoms with Gasteiger partial charge in [-0.15, -0.1) is 0 Å². The van der Waals surface area contributed by atoms with Crippen LogP contribution in [0, 0.1) is 0 Å². The molecule has 0 heterocycles. The van der Waals surface area contributed by atoms with E-state index >= 15 is 0 Å². The molecule has 0 bridgehead atoms. The van der Waals surface area contributed by atoms with Gasteiger partial charge in [-0.25, -0.2) is 4.58 Å². The first-order valence-electron chi connectivity index (χ1n) is 3.48. The minimum atomic E-state index is 0.467. The maximum absolute atomic E-state index is 5.57. The molecule has 11 heavy (non-hydrogen) atoms. The van der Waals surface area contributed by atoms with Crippen molar-refractivity contribution in [1.29, 1.82) is 0 Å². The first-order chi connectivity index (χ1) is 5.33. The Balaban J connectivity index is 2.58. The maximum atomic E-state index is 5.57. The van der Waals surface area contributed by atoms with Crippen LogP contribution in [0.5, 0.6) is 0 Å². The van der Waals surface area contributed by atoms with E-state index in [0.29, 0.717) is 6.00 Å². The fraction of sp³-hybridized carbons (Fsp3) is 0.222. The summed E-state index contributed by atoms with van der Waals surface area (Å²) >= 11 is 5.57. The molecule has 58 valence electrons. The fourth-order valence-corrected chi connectivity index (χ4v) is 0.968. The Morgan fingerprint density at radius 2 is 1.91 bits per heavy atom. The molecule has 0 aromatic heterocycles. The summed E-state index contributed by atoms with van der Waals surface area (Å²) < 4.78 is 1.80. The summed E-state index contributed by atoms with van der Waals surface area (Å²) in [5, 5.41) is 0. The Kier molecular flexibility index (Phi) is 3.12. The highest BCUT2D eigenvalue weighted by atomic mass is 35.5. The van der Waals surface area contributed by atoms with Crippen LogP contribution in [0.4, 0.5) is 0 Å². The van der Waals surface area contributed by atoms with Gasteiger partial charge in [-0.3, -0.25) is 0 Å². The lowest BCUT2D eigenvalue weighted by molar-refractivity contribution is -0.517. The highest BCUT2D eigenvalue weighted by Gasteiger charge is 1.98. The smallest absolute Gasteiger partial charge is 0.217 e. The number of nitrogens with zero attached hydrogens (tertiary/aromatic N) is 1. The highest BCUT2D eigenvalue weighted by Crippen LogP contribution is 1.99. The van der Waals surface area contributed by atoms with Crippen LogP contribution >= 0.6 is 11.6 Å². The van der Waals surface area contributed by atoms with E-state index in [-0.39, 0.29) is 0 Å². The largest absolute Gasteiger partial charge is 0.224 e.